The van der Waals surface area contributed by atoms with Crippen molar-refractivity contribution in [3.05, 3.63) is 40.5 Å². The predicted octanol–water partition coefficient (Wildman–Crippen LogP) is 3.09. The highest BCUT2D eigenvalue weighted by Crippen LogP contribution is 2.33. The van der Waals surface area contributed by atoms with E-state index in [9.17, 15) is 4.39 Å². The molecule has 1 fully saturated rings. The van der Waals surface area contributed by atoms with E-state index >= 15 is 0 Å². The molecule has 0 radical (unpaired) electrons. The van der Waals surface area contributed by atoms with E-state index in [1.165, 1.54) is 12.1 Å². The van der Waals surface area contributed by atoms with E-state index in [1.54, 1.807) is 23.5 Å². The van der Waals surface area contributed by atoms with E-state index in [1.807, 2.05) is 0 Å². The first-order chi connectivity index (χ1) is 10.1. The molecule has 0 unspecified atom stereocenters. The molecule has 1 aromatic heterocycles. The molecule has 1 N–H and O–H groups in total. The van der Waals surface area contributed by atoms with E-state index in [-0.39, 0.29) is 11.4 Å². The number of benzene rings is 1. The molecular weight excluding hydrogens is 285 g/mol. The minimum Gasteiger partial charge on any atom is -0.314 e. The van der Waals surface area contributed by atoms with Crippen LogP contribution in [0.4, 0.5) is 4.39 Å². The molecule has 2 aromatic rings. The van der Waals surface area contributed by atoms with Crippen LogP contribution in [0.2, 0.25) is 0 Å². The van der Waals surface area contributed by atoms with Gasteiger partial charge in [0, 0.05) is 37.1 Å². The highest BCUT2D eigenvalue weighted by molar-refractivity contribution is 7.10. The van der Waals surface area contributed by atoms with Crippen molar-refractivity contribution in [3.63, 3.8) is 0 Å². The van der Waals surface area contributed by atoms with Gasteiger partial charge in [0.1, 0.15) is 10.8 Å². The summed E-state index contributed by atoms with van der Waals surface area (Å²) >= 11 is 1.68. The summed E-state index contributed by atoms with van der Waals surface area (Å²) in [6.45, 7) is 8.59. The van der Waals surface area contributed by atoms with Crippen molar-refractivity contribution in [1.29, 1.82) is 0 Å². The topological polar surface area (TPSA) is 28.2 Å². The Morgan fingerprint density at radius 2 is 1.86 bits per heavy atom. The maximum absolute atomic E-state index is 13.0. The summed E-state index contributed by atoms with van der Waals surface area (Å²) in [5.41, 5.74) is 1.83. The van der Waals surface area contributed by atoms with Crippen molar-refractivity contribution in [2.45, 2.75) is 19.4 Å². The number of nitrogens with one attached hydrogen (secondary N) is 1. The van der Waals surface area contributed by atoms with Gasteiger partial charge in [0.15, 0.2) is 0 Å². The van der Waals surface area contributed by atoms with Gasteiger partial charge < -0.3 is 5.32 Å². The van der Waals surface area contributed by atoms with Gasteiger partial charge in [-0.25, -0.2) is 9.37 Å². The molecule has 1 saturated heterocycles. The lowest BCUT2D eigenvalue weighted by molar-refractivity contribution is 0.102. The second kappa shape index (κ2) is 5.83. The summed E-state index contributed by atoms with van der Waals surface area (Å²) < 4.78 is 13.0. The largest absolute Gasteiger partial charge is 0.314 e. The number of hydrogen-bond donors (Lipinski definition) is 1. The molecule has 0 saturated carbocycles. The van der Waals surface area contributed by atoms with E-state index in [0.717, 1.165) is 42.4 Å². The van der Waals surface area contributed by atoms with Crippen LogP contribution in [0, 0.1) is 5.82 Å². The molecule has 1 aromatic carbocycles. The average molecular weight is 305 g/mol. The van der Waals surface area contributed by atoms with Crippen LogP contribution in [0.25, 0.3) is 11.3 Å². The summed E-state index contributed by atoms with van der Waals surface area (Å²) in [6, 6.07) is 6.53. The number of hydrogen-bond acceptors (Lipinski definition) is 4. The Balaban J connectivity index is 1.84. The quantitative estimate of drug-likeness (QED) is 0.944. The fourth-order valence-corrected chi connectivity index (χ4v) is 3.65. The Morgan fingerprint density at radius 1 is 1.19 bits per heavy atom. The molecule has 1 aliphatic rings. The molecule has 0 spiro atoms. The summed E-state index contributed by atoms with van der Waals surface area (Å²) in [7, 11) is 0. The van der Waals surface area contributed by atoms with Gasteiger partial charge in [-0.3, -0.25) is 4.90 Å². The summed E-state index contributed by atoms with van der Waals surface area (Å²) in [5, 5.41) is 6.56. The van der Waals surface area contributed by atoms with Crippen LogP contribution >= 0.6 is 11.3 Å². The molecule has 0 atom stereocenters. The van der Waals surface area contributed by atoms with E-state index in [4.69, 9.17) is 4.98 Å². The zero-order chi connectivity index (χ0) is 14.9. The molecule has 3 nitrogen and oxygen atoms in total. The Morgan fingerprint density at radius 3 is 2.52 bits per heavy atom. The molecular formula is C16H20FN3S. The molecule has 112 valence electrons. The number of nitrogens with zero attached hydrogens (tertiary/aromatic N) is 2. The third-order valence-electron chi connectivity index (χ3n) is 4.08. The van der Waals surface area contributed by atoms with Crippen molar-refractivity contribution in [1.82, 2.24) is 15.2 Å². The zero-order valence-corrected chi connectivity index (χ0v) is 13.2. The third kappa shape index (κ3) is 3.00. The second-order valence-corrected chi connectivity index (χ2v) is 6.70. The molecule has 0 aliphatic carbocycles. The molecule has 1 aliphatic heterocycles. The lowest BCUT2D eigenvalue weighted by Gasteiger charge is -2.39. The van der Waals surface area contributed by atoms with Crippen molar-refractivity contribution >= 4 is 11.3 Å². The van der Waals surface area contributed by atoms with Crippen LogP contribution in [0.15, 0.2) is 29.6 Å². The molecule has 0 amide bonds. The molecule has 21 heavy (non-hydrogen) atoms. The Bertz CT molecular complexity index is 600. The maximum Gasteiger partial charge on any atom is 0.123 e. The van der Waals surface area contributed by atoms with E-state index in [0.29, 0.717) is 0 Å². The Labute approximate surface area is 128 Å². The number of rotatable bonds is 3. The fraction of sp³-hybridized carbons (Fsp3) is 0.438. The zero-order valence-electron chi connectivity index (χ0n) is 12.4. The number of aromatic nitrogens is 1. The monoisotopic (exact) mass is 305 g/mol. The first-order valence-corrected chi connectivity index (χ1v) is 8.13. The van der Waals surface area contributed by atoms with Gasteiger partial charge in [0.25, 0.3) is 0 Å². The highest BCUT2D eigenvalue weighted by Gasteiger charge is 2.32. The van der Waals surface area contributed by atoms with Crippen LogP contribution in [0.3, 0.4) is 0 Å². The smallest absolute Gasteiger partial charge is 0.123 e. The minimum atomic E-state index is -0.213. The molecule has 5 heteroatoms. The fourth-order valence-electron chi connectivity index (χ4n) is 2.67. The molecule has 2 heterocycles. The SMILES string of the molecule is CC(C)(c1nc(-c2ccc(F)cc2)cs1)N1CCNCC1. The van der Waals surface area contributed by atoms with E-state index in [2.05, 4.69) is 29.4 Å². The van der Waals surface area contributed by atoms with Gasteiger partial charge in [0.05, 0.1) is 11.2 Å². The van der Waals surface area contributed by atoms with Gasteiger partial charge in [-0.05, 0) is 38.1 Å². The van der Waals surface area contributed by atoms with Crippen LogP contribution in [0.1, 0.15) is 18.9 Å². The standard InChI is InChI=1S/C16H20FN3S/c1-16(2,20-9-7-18-8-10-20)15-19-14(11-21-15)12-3-5-13(17)6-4-12/h3-6,11,18H,7-10H2,1-2H3. The van der Waals surface area contributed by atoms with Crippen LogP contribution < -0.4 is 5.32 Å². The lowest BCUT2D eigenvalue weighted by atomic mass is 10.0. The normalized spacial score (nSPS) is 17.1. The average Bonchev–Trinajstić information content (AvgIpc) is 2.99. The maximum atomic E-state index is 13.0. The number of halogens is 1. The predicted molar refractivity (Wildman–Crippen MR) is 85.0 cm³/mol. The number of piperazine rings is 1. The summed E-state index contributed by atoms with van der Waals surface area (Å²) in [5.74, 6) is -0.213. The van der Waals surface area contributed by atoms with Gasteiger partial charge in [0.2, 0.25) is 0 Å². The van der Waals surface area contributed by atoms with Crippen LogP contribution in [0.5, 0.6) is 0 Å². The first kappa shape index (κ1) is 14.6. The van der Waals surface area contributed by atoms with Crippen molar-refractivity contribution in [2.24, 2.45) is 0 Å². The van der Waals surface area contributed by atoms with Crippen molar-refractivity contribution in [3.8, 4) is 11.3 Å². The van der Waals surface area contributed by atoms with Crippen molar-refractivity contribution < 1.29 is 4.39 Å². The molecule has 3 rings (SSSR count). The highest BCUT2D eigenvalue weighted by atomic mass is 32.1. The van der Waals surface area contributed by atoms with Gasteiger partial charge in [-0.2, -0.15) is 0 Å². The van der Waals surface area contributed by atoms with E-state index < -0.39 is 0 Å². The Hall–Kier alpha value is -1.30. The van der Waals surface area contributed by atoms with Gasteiger partial charge in [-0.15, -0.1) is 11.3 Å². The second-order valence-electron chi connectivity index (χ2n) is 5.84. The third-order valence-corrected chi connectivity index (χ3v) is 5.23. The Kier molecular flexibility index (Phi) is 4.06. The molecule has 0 bridgehead atoms. The number of thiazole rings is 1. The summed E-state index contributed by atoms with van der Waals surface area (Å²) in [4.78, 5) is 7.26. The summed E-state index contributed by atoms with van der Waals surface area (Å²) in [6.07, 6.45) is 0. The van der Waals surface area contributed by atoms with Crippen molar-refractivity contribution in [2.75, 3.05) is 26.2 Å². The lowest BCUT2D eigenvalue weighted by Crippen LogP contribution is -2.51. The minimum absolute atomic E-state index is 0.0644. The van der Waals surface area contributed by atoms with Gasteiger partial charge in [-0.1, -0.05) is 0 Å². The van der Waals surface area contributed by atoms with Gasteiger partial charge >= 0.3 is 0 Å². The first-order valence-electron chi connectivity index (χ1n) is 7.25. The van der Waals surface area contributed by atoms with Crippen LogP contribution in [-0.2, 0) is 5.54 Å². The van der Waals surface area contributed by atoms with Crippen LogP contribution in [-0.4, -0.2) is 36.1 Å².